The lowest BCUT2D eigenvalue weighted by Gasteiger charge is -2.14. The highest BCUT2D eigenvalue weighted by molar-refractivity contribution is 7.89. The summed E-state index contributed by atoms with van der Waals surface area (Å²) in [5.41, 5.74) is 2.60. The minimum atomic E-state index is -3.57. The van der Waals surface area contributed by atoms with Crippen LogP contribution in [0.1, 0.15) is 36.7 Å². The highest BCUT2D eigenvalue weighted by Gasteiger charge is 2.22. The van der Waals surface area contributed by atoms with E-state index in [4.69, 9.17) is 0 Å². The molecule has 0 aliphatic carbocycles. The molecule has 1 aromatic heterocycles. The number of benzene rings is 1. The van der Waals surface area contributed by atoms with Gasteiger partial charge in [-0.25, -0.2) is 13.1 Å². The first-order chi connectivity index (χ1) is 9.83. The Hall–Kier alpha value is -1.66. The van der Waals surface area contributed by atoms with Crippen molar-refractivity contribution in [2.24, 2.45) is 0 Å². The molecule has 21 heavy (non-hydrogen) atoms. The summed E-state index contributed by atoms with van der Waals surface area (Å²) in [6.45, 7) is 8.11. The first-order valence-electron chi connectivity index (χ1n) is 6.96. The normalized spacial score (nSPS) is 13.3. The van der Waals surface area contributed by atoms with E-state index < -0.39 is 10.0 Å². The zero-order valence-corrected chi connectivity index (χ0v) is 13.6. The third-order valence-electron chi connectivity index (χ3n) is 3.42. The van der Waals surface area contributed by atoms with Crippen molar-refractivity contribution in [1.29, 1.82) is 0 Å². The fourth-order valence-corrected chi connectivity index (χ4v) is 3.56. The van der Waals surface area contributed by atoms with Gasteiger partial charge >= 0.3 is 0 Å². The first-order valence-corrected chi connectivity index (χ1v) is 8.44. The molecule has 1 heterocycles. The van der Waals surface area contributed by atoms with Gasteiger partial charge in [-0.15, -0.1) is 0 Å². The predicted molar refractivity (Wildman–Crippen MR) is 82.6 cm³/mol. The van der Waals surface area contributed by atoms with Crippen molar-refractivity contribution in [3.63, 3.8) is 0 Å². The average molecular weight is 307 g/mol. The number of hydrogen-bond donors (Lipinski definition) is 1. The Labute approximate surface area is 126 Å². The number of aryl methyl sites for hydroxylation is 3. The Morgan fingerprint density at radius 3 is 2.38 bits per heavy atom. The molecule has 5 nitrogen and oxygen atoms in total. The molecular weight excluding hydrogens is 286 g/mol. The van der Waals surface area contributed by atoms with Crippen molar-refractivity contribution >= 4 is 10.0 Å². The Balaban J connectivity index is 2.24. The maximum Gasteiger partial charge on any atom is 0.244 e. The monoisotopic (exact) mass is 307 g/mol. The second kappa shape index (κ2) is 5.99. The van der Waals surface area contributed by atoms with E-state index in [0.717, 1.165) is 11.1 Å². The van der Waals surface area contributed by atoms with E-state index in [1.54, 1.807) is 17.8 Å². The fraction of sp³-hybridized carbons (Fsp3) is 0.400. The average Bonchev–Trinajstić information content (AvgIpc) is 2.81. The van der Waals surface area contributed by atoms with Crippen molar-refractivity contribution in [3.8, 4) is 0 Å². The minimum absolute atomic E-state index is 0.239. The van der Waals surface area contributed by atoms with Gasteiger partial charge in [0.25, 0.3) is 0 Å². The number of nitrogens with one attached hydrogen (secondary N) is 1. The molecule has 2 aromatic rings. The first kappa shape index (κ1) is 15.7. The van der Waals surface area contributed by atoms with Gasteiger partial charge in [0.1, 0.15) is 4.90 Å². The molecule has 1 aromatic carbocycles. The largest absolute Gasteiger partial charge is 0.271 e. The quantitative estimate of drug-likeness (QED) is 0.923. The van der Waals surface area contributed by atoms with Gasteiger partial charge in [-0.1, -0.05) is 29.8 Å². The molecule has 0 spiro atoms. The molecule has 0 fully saturated rings. The van der Waals surface area contributed by atoms with Gasteiger partial charge in [-0.05, 0) is 33.3 Å². The fourth-order valence-electron chi connectivity index (χ4n) is 2.14. The number of aromatic nitrogens is 2. The van der Waals surface area contributed by atoms with E-state index in [1.165, 1.54) is 0 Å². The molecule has 2 rings (SSSR count). The molecule has 1 unspecified atom stereocenters. The summed E-state index contributed by atoms with van der Waals surface area (Å²) >= 11 is 0. The zero-order chi connectivity index (χ0) is 15.6. The van der Waals surface area contributed by atoms with E-state index in [-0.39, 0.29) is 10.9 Å². The summed E-state index contributed by atoms with van der Waals surface area (Å²) in [4.78, 5) is 0.239. The van der Waals surface area contributed by atoms with Crippen LogP contribution in [0.4, 0.5) is 0 Å². The third kappa shape index (κ3) is 3.51. The number of sulfonamides is 1. The molecule has 0 saturated carbocycles. The molecule has 114 valence electrons. The van der Waals surface area contributed by atoms with Gasteiger partial charge < -0.3 is 0 Å². The van der Waals surface area contributed by atoms with Crippen LogP contribution in [-0.2, 0) is 16.6 Å². The summed E-state index contributed by atoms with van der Waals surface area (Å²) < 4.78 is 29.3. The summed E-state index contributed by atoms with van der Waals surface area (Å²) in [7, 11) is -3.57. The summed E-state index contributed by atoms with van der Waals surface area (Å²) in [6.07, 6.45) is 1.57. The van der Waals surface area contributed by atoms with Gasteiger partial charge in [0, 0.05) is 18.8 Å². The number of hydrogen-bond acceptors (Lipinski definition) is 3. The maximum atomic E-state index is 12.5. The second-order valence-electron chi connectivity index (χ2n) is 5.19. The topological polar surface area (TPSA) is 64.0 Å². The van der Waals surface area contributed by atoms with Crippen LogP contribution in [0.15, 0.2) is 35.4 Å². The molecule has 0 aliphatic rings. The minimum Gasteiger partial charge on any atom is -0.271 e. The second-order valence-corrected chi connectivity index (χ2v) is 6.87. The summed E-state index contributed by atoms with van der Waals surface area (Å²) in [6, 6.07) is 7.52. The SMILES string of the molecule is CCn1cc(S(=O)(=O)NC(C)c2ccc(C)cc2)c(C)n1. The van der Waals surface area contributed by atoms with Crippen LogP contribution < -0.4 is 4.72 Å². The molecule has 0 saturated heterocycles. The highest BCUT2D eigenvalue weighted by atomic mass is 32.2. The molecule has 0 radical (unpaired) electrons. The smallest absolute Gasteiger partial charge is 0.244 e. The standard InChI is InChI=1S/C15H21N3O2S/c1-5-18-10-15(13(4)16-18)21(19,20)17-12(3)14-8-6-11(2)7-9-14/h6-10,12,17H,5H2,1-4H3. The van der Waals surface area contributed by atoms with Crippen molar-refractivity contribution in [1.82, 2.24) is 14.5 Å². The maximum absolute atomic E-state index is 12.5. The predicted octanol–water partition coefficient (Wildman–Crippen LogP) is 2.56. The lowest BCUT2D eigenvalue weighted by molar-refractivity contribution is 0.566. The molecule has 6 heteroatoms. The Morgan fingerprint density at radius 1 is 1.24 bits per heavy atom. The van der Waals surface area contributed by atoms with E-state index in [1.807, 2.05) is 45.0 Å². The lowest BCUT2D eigenvalue weighted by atomic mass is 10.1. The van der Waals surface area contributed by atoms with Crippen molar-refractivity contribution < 1.29 is 8.42 Å². The summed E-state index contributed by atoms with van der Waals surface area (Å²) in [5.74, 6) is 0. The van der Waals surface area contributed by atoms with Crippen LogP contribution in [0.3, 0.4) is 0 Å². The number of rotatable bonds is 5. The van der Waals surface area contributed by atoms with E-state index in [0.29, 0.717) is 12.2 Å². The van der Waals surface area contributed by atoms with E-state index in [9.17, 15) is 8.42 Å². The zero-order valence-electron chi connectivity index (χ0n) is 12.8. The molecule has 1 atom stereocenters. The van der Waals surface area contributed by atoms with Crippen LogP contribution >= 0.6 is 0 Å². The van der Waals surface area contributed by atoms with Crippen LogP contribution in [0.25, 0.3) is 0 Å². The van der Waals surface area contributed by atoms with Gasteiger partial charge in [0.05, 0.1) is 5.69 Å². The van der Waals surface area contributed by atoms with Crippen molar-refractivity contribution in [3.05, 3.63) is 47.3 Å². The Kier molecular flexibility index (Phi) is 4.49. The summed E-state index contributed by atoms with van der Waals surface area (Å²) in [5, 5.41) is 4.18. The van der Waals surface area contributed by atoms with Gasteiger partial charge in [-0.2, -0.15) is 5.10 Å². The lowest BCUT2D eigenvalue weighted by Crippen LogP contribution is -2.27. The highest BCUT2D eigenvalue weighted by Crippen LogP contribution is 2.19. The molecule has 0 aliphatic heterocycles. The molecular formula is C15H21N3O2S. The van der Waals surface area contributed by atoms with E-state index >= 15 is 0 Å². The molecule has 1 N–H and O–H groups in total. The van der Waals surface area contributed by atoms with Gasteiger partial charge in [-0.3, -0.25) is 4.68 Å². The van der Waals surface area contributed by atoms with Crippen LogP contribution in [-0.4, -0.2) is 18.2 Å². The third-order valence-corrected chi connectivity index (χ3v) is 5.07. The van der Waals surface area contributed by atoms with E-state index in [2.05, 4.69) is 9.82 Å². The van der Waals surface area contributed by atoms with Crippen molar-refractivity contribution in [2.45, 2.75) is 45.2 Å². The van der Waals surface area contributed by atoms with Crippen LogP contribution in [0, 0.1) is 13.8 Å². The molecule has 0 bridgehead atoms. The Bertz CT molecular complexity index is 718. The van der Waals surface area contributed by atoms with Crippen molar-refractivity contribution in [2.75, 3.05) is 0 Å². The van der Waals surface area contributed by atoms with Crippen LogP contribution in [0.5, 0.6) is 0 Å². The molecule has 0 amide bonds. The van der Waals surface area contributed by atoms with Gasteiger partial charge in [0.2, 0.25) is 10.0 Å². The Morgan fingerprint density at radius 2 is 1.86 bits per heavy atom. The number of nitrogens with zero attached hydrogens (tertiary/aromatic N) is 2. The van der Waals surface area contributed by atoms with Crippen LogP contribution in [0.2, 0.25) is 0 Å². The van der Waals surface area contributed by atoms with Gasteiger partial charge in [0.15, 0.2) is 0 Å².